The number of piperidine rings is 1. The van der Waals surface area contributed by atoms with E-state index in [0.717, 1.165) is 42.6 Å². The van der Waals surface area contributed by atoms with Crippen molar-refractivity contribution in [2.24, 2.45) is 0 Å². The lowest BCUT2D eigenvalue weighted by molar-refractivity contribution is 0.0617. The molecular formula is C30H33ClN6O4. The predicted molar refractivity (Wildman–Crippen MR) is 159 cm³/mol. The number of likely N-dealkylation sites (tertiary alicyclic amines) is 1. The lowest BCUT2D eigenvalue weighted by atomic mass is 10.0. The summed E-state index contributed by atoms with van der Waals surface area (Å²) in [6.07, 6.45) is 2.64. The van der Waals surface area contributed by atoms with Crippen LogP contribution in [-0.2, 0) is 6.54 Å². The van der Waals surface area contributed by atoms with Crippen LogP contribution in [0.1, 0.15) is 34.3 Å². The van der Waals surface area contributed by atoms with Crippen LogP contribution in [0.4, 0.5) is 5.69 Å². The first kappa shape index (κ1) is 27.3. The van der Waals surface area contributed by atoms with Crippen LogP contribution in [0.15, 0.2) is 47.4 Å². The quantitative estimate of drug-likeness (QED) is 0.251. The summed E-state index contributed by atoms with van der Waals surface area (Å²) < 4.78 is 5.75. The molecule has 4 heterocycles. The minimum atomic E-state index is -0.849. The molecule has 1 unspecified atom stereocenters. The number of fused-ring (bicyclic) bond motifs is 2. The minimum Gasteiger partial charge on any atom is -0.490 e. The molecule has 1 saturated heterocycles. The summed E-state index contributed by atoms with van der Waals surface area (Å²) in [5.41, 5.74) is 4.34. The van der Waals surface area contributed by atoms with Crippen molar-refractivity contribution in [3.05, 3.63) is 74.7 Å². The van der Waals surface area contributed by atoms with Crippen molar-refractivity contribution in [2.45, 2.75) is 38.5 Å². The Morgan fingerprint density at radius 2 is 2.02 bits per heavy atom. The van der Waals surface area contributed by atoms with Gasteiger partial charge in [-0.05, 0) is 75.8 Å². The maximum absolute atomic E-state index is 13.3. The van der Waals surface area contributed by atoms with Gasteiger partial charge in [-0.2, -0.15) is 0 Å². The first-order valence-electron chi connectivity index (χ1n) is 13.8. The standard InChI is InChI=1S/C30H33ClN6O4/c1-17-22(31)4-3-5-26(17)41-16-20(38)14-33-23-6-9-32-29(39)27(23)28-34-24-12-18-15-37(19-7-10-36(2)11-8-19)30(40)21(18)13-25(24)35-28/h3-6,9,12-13,19-20,38H,7-8,10-11,14-16H2,1-2H3,(H,34,35)(H2,32,33,39). The number of rotatable bonds is 8. The van der Waals surface area contributed by atoms with Crippen molar-refractivity contribution in [1.82, 2.24) is 24.8 Å². The summed E-state index contributed by atoms with van der Waals surface area (Å²) in [7, 11) is 2.11. The summed E-state index contributed by atoms with van der Waals surface area (Å²) >= 11 is 6.15. The van der Waals surface area contributed by atoms with Crippen molar-refractivity contribution in [2.75, 3.05) is 38.6 Å². The number of halogens is 1. The number of pyridine rings is 1. The van der Waals surface area contributed by atoms with Crippen LogP contribution in [0.5, 0.6) is 5.75 Å². The third-order valence-corrected chi connectivity index (χ3v) is 8.45. The third-order valence-electron chi connectivity index (χ3n) is 8.04. The van der Waals surface area contributed by atoms with Crippen molar-refractivity contribution in [3.8, 4) is 17.1 Å². The molecule has 1 atom stereocenters. The van der Waals surface area contributed by atoms with Crippen LogP contribution in [-0.4, -0.2) is 81.2 Å². The largest absolute Gasteiger partial charge is 0.490 e. The number of H-pyrrole nitrogens is 2. The lowest BCUT2D eigenvalue weighted by Crippen LogP contribution is -2.43. The van der Waals surface area contributed by atoms with Gasteiger partial charge in [0.2, 0.25) is 0 Å². The molecule has 0 aliphatic carbocycles. The van der Waals surface area contributed by atoms with Crippen molar-refractivity contribution >= 4 is 34.2 Å². The van der Waals surface area contributed by atoms with Gasteiger partial charge in [0.25, 0.3) is 11.5 Å². The van der Waals surface area contributed by atoms with E-state index in [2.05, 4.69) is 27.2 Å². The zero-order valence-corrected chi connectivity index (χ0v) is 23.8. The fraction of sp³-hybridized carbons (Fsp3) is 0.367. The van der Waals surface area contributed by atoms with Gasteiger partial charge in [0.05, 0.1) is 16.7 Å². The van der Waals surface area contributed by atoms with Crippen LogP contribution >= 0.6 is 11.6 Å². The van der Waals surface area contributed by atoms with Gasteiger partial charge in [0.1, 0.15) is 29.8 Å². The molecule has 2 aromatic heterocycles. The molecule has 1 fully saturated rings. The van der Waals surface area contributed by atoms with E-state index in [4.69, 9.17) is 21.3 Å². The number of hydrogen-bond donors (Lipinski definition) is 4. The number of nitrogens with zero attached hydrogens (tertiary/aromatic N) is 3. The molecular weight excluding hydrogens is 544 g/mol. The van der Waals surface area contributed by atoms with Crippen molar-refractivity contribution in [3.63, 3.8) is 0 Å². The molecule has 4 N–H and O–H groups in total. The van der Waals surface area contributed by atoms with E-state index in [0.29, 0.717) is 45.5 Å². The molecule has 11 heteroatoms. The number of carbonyl (C=O) groups is 1. The molecule has 0 saturated carbocycles. The van der Waals surface area contributed by atoms with Gasteiger partial charge in [0.15, 0.2) is 0 Å². The topological polar surface area (TPSA) is 127 Å². The maximum Gasteiger partial charge on any atom is 0.261 e. The van der Waals surface area contributed by atoms with Gasteiger partial charge in [0, 0.05) is 41.5 Å². The van der Waals surface area contributed by atoms with E-state index in [9.17, 15) is 14.7 Å². The normalized spacial score (nSPS) is 16.8. The van der Waals surface area contributed by atoms with Crippen molar-refractivity contribution in [1.29, 1.82) is 0 Å². The number of benzene rings is 2. The highest BCUT2D eigenvalue weighted by Crippen LogP contribution is 2.32. The second-order valence-corrected chi connectivity index (χ2v) is 11.3. The van der Waals surface area contributed by atoms with Crippen LogP contribution in [0.3, 0.4) is 0 Å². The number of aromatic amines is 2. The predicted octanol–water partition coefficient (Wildman–Crippen LogP) is 3.78. The first-order chi connectivity index (χ1) is 19.8. The molecule has 0 spiro atoms. The highest BCUT2D eigenvalue weighted by molar-refractivity contribution is 6.31. The Labute approximate surface area is 242 Å². The monoisotopic (exact) mass is 576 g/mol. The number of aliphatic hydroxyl groups excluding tert-OH is 1. The number of anilines is 1. The second kappa shape index (κ2) is 11.2. The average molecular weight is 577 g/mol. The maximum atomic E-state index is 13.3. The summed E-state index contributed by atoms with van der Waals surface area (Å²) in [5, 5.41) is 14.3. The van der Waals surface area contributed by atoms with Gasteiger partial charge in [-0.3, -0.25) is 9.59 Å². The highest BCUT2D eigenvalue weighted by Gasteiger charge is 2.34. The molecule has 1 amide bonds. The molecule has 6 rings (SSSR count). The highest BCUT2D eigenvalue weighted by atomic mass is 35.5. The van der Waals surface area contributed by atoms with Gasteiger partial charge in [-0.1, -0.05) is 17.7 Å². The Morgan fingerprint density at radius 1 is 1.22 bits per heavy atom. The smallest absolute Gasteiger partial charge is 0.261 e. The van der Waals surface area contributed by atoms with Crippen LogP contribution in [0, 0.1) is 6.92 Å². The Morgan fingerprint density at radius 3 is 2.83 bits per heavy atom. The number of aromatic nitrogens is 3. The van der Waals surface area contributed by atoms with Crippen LogP contribution in [0.2, 0.25) is 5.02 Å². The number of ether oxygens (including phenoxy) is 1. The Balaban J connectivity index is 1.18. The van der Waals surface area contributed by atoms with E-state index >= 15 is 0 Å². The van der Waals surface area contributed by atoms with Gasteiger partial charge in [-0.25, -0.2) is 4.98 Å². The van der Waals surface area contributed by atoms with Gasteiger partial charge < -0.3 is 34.9 Å². The average Bonchev–Trinajstić information content (AvgIpc) is 3.51. The molecule has 41 heavy (non-hydrogen) atoms. The molecule has 10 nitrogen and oxygen atoms in total. The lowest BCUT2D eigenvalue weighted by Gasteiger charge is -2.34. The molecule has 0 bridgehead atoms. The number of imidazole rings is 1. The van der Waals surface area contributed by atoms with E-state index in [1.54, 1.807) is 30.5 Å². The van der Waals surface area contributed by atoms with E-state index in [1.165, 1.54) is 0 Å². The van der Waals surface area contributed by atoms with Gasteiger partial charge >= 0.3 is 0 Å². The number of carbonyl (C=O) groups excluding carboxylic acids is 1. The number of amides is 1. The second-order valence-electron chi connectivity index (χ2n) is 10.9. The van der Waals surface area contributed by atoms with E-state index in [-0.39, 0.29) is 30.7 Å². The first-order valence-corrected chi connectivity index (χ1v) is 14.2. The molecule has 2 aliphatic heterocycles. The molecule has 2 aromatic carbocycles. The van der Waals surface area contributed by atoms with E-state index in [1.807, 2.05) is 24.0 Å². The van der Waals surface area contributed by atoms with Crippen LogP contribution in [0.25, 0.3) is 22.4 Å². The Kier molecular flexibility index (Phi) is 7.46. The summed E-state index contributed by atoms with van der Waals surface area (Å²) in [6.45, 7) is 4.61. The molecule has 214 valence electrons. The molecule has 0 radical (unpaired) electrons. The zero-order chi connectivity index (χ0) is 28.7. The third kappa shape index (κ3) is 5.42. The van der Waals surface area contributed by atoms with Crippen molar-refractivity contribution < 1.29 is 14.6 Å². The summed E-state index contributed by atoms with van der Waals surface area (Å²) in [4.78, 5) is 41.2. The number of hydrogen-bond acceptors (Lipinski definition) is 7. The zero-order valence-electron chi connectivity index (χ0n) is 23.0. The Hall–Kier alpha value is -3.86. The Bertz CT molecular complexity index is 1660. The van der Waals surface area contributed by atoms with Gasteiger partial charge in [-0.15, -0.1) is 0 Å². The SMILES string of the molecule is Cc1c(Cl)cccc1OCC(O)CNc1cc[nH]c(=O)c1-c1nc2cc3c(cc2[nH]1)CN(C1CCN(C)CC1)C3=O. The fourth-order valence-corrected chi connectivity index (χ4v) is 5.81. The number of nitrogens with one attached hydrogen (secondary N) is 3. The molecule has 4 aromatic rings. The summed E-state index contributed by atoms with van der Waals surface area (Å²) in [6, 6.07) is 11.1. The fourth-order valence-electron chi connectivity index (χ4n) is 5.64. The molecule has 2 aliphatic rings. The van der Waals surface area contributed by atoms with E-state index < -0.39 is 6.10 Å². The van der Waals surface area contributed by atoms with Crippen LogP contribution < -0.4 is 15.6 Å². The minimum absolute atomic E-state index is 0.0464. The summed E-state index contributed by atoms with van der Waals surface area (Å²) in [5.74, 6) is 1.04. The number of aliphatic hydroxyl groups is 1.